The topological polar surface area (TPSA) is 59.0 Å². The molecule has 2 N–H and O–H groups in total. The van der Waals surface area contributed by atoms with E-state index in [0.717, 1.165) is 16.9 Å². The summed E-state index contributed by atoms with van der Waals surface area (Å²) in [6.45, 7) is 6.97. The van der Waals surface area contributed by atoms with Crippen LogP contribution < -0.4 is 10.6 Å². The minimum Gasteiger partial charge on any atom is -0.379 e. The van der Waals surface area contributed by atoms with Crippen LogP contribution in [0.4, 0.5) is 5.69 Å². The molecule has 1 amide bonds. The lowest BCUT2D eigenvalue weighted by Crippen LogP contribution is -2.18. The molecule has 0 saturated carbocycles. The number of aromatic nitrogens is 2. The molecule has 1 aromatic carbocycles. The quantitative estimate of drug-likeness (QED) is 0.888. The van der Waals surface area contributed by atoms with E-state index in [0.29, 0.717) is 18.2 Å². The van der Waals surface area contributed by atoms with E-state index in [2.05, 4.69) is 34.0 Å². The van der Waals surface area contributed by atoms with Gasteiger partial charge in [0.1, 0.15) is 0 Å². The number of amides is 1. The predicted molar refractivity (Wildman–Crippen MR) is 84.5 cm³/mol. The lowest BCUT2D eigenvalue weighted by atomic mass is 10.1. The highest BCUT2D eigenvalue weighted by Gasteiger charge is 2.08. The maximum atomic E-state index is 11.6. The minimum absolute atomic E-state index is 0.0671. The van der Waals surface area contributed by atoms with E-state index in [1.807, 2.05) is 37.6 Å². The number of anilines is 1. The van der Waals surface area contributed by atoms with Crippen LogP contribution in [0.15, 0.2) is 30.7 Å². The van der Waals surface area contributed by atoms with Gasteiger partial charge in [-0.3, -0.25) is 4.79 Å². The van der Waals surface area contributed by atoms with Gasteiger partial charge in [0, 0.05) is 30.5 Å². The van der Waals surface area contributed by atoms with E-state index in [9.17, 15) is 4.79 Å². The summed E-state index contributed by atoms with van der Waals surface area (Å²) in [5.41, 5.74) is 3.89. The predicted octanol–water partition coefficient (Wildman–Crippen LogP) is 2.74. The highest BCUT2D eigenvalue weighted by Crippen LogP contribution is 2.18. The summed E-state index contributed by atoms with van der Waals surface area (Å²) in [5.74, 6) is -0.0671. The van der Waals surface area contributed by atoms with Crippen LogP contribution in [0.25, 0.3) is 0 Å². The maximum absolute atomic E-state index is 11.6. The standard InChI is InChI=1S/C16H22N4O/c1-11(2)20-10-18-8-14(20)9-19-15-6-5-13(7-12(15)3)16(21)17-4/h5-8,10-11,19H,9H2,1-4H3,(H,17,21). The molecule has 0 radical (unpaired) electrons. The Morgan fingerprint density at radius 1 is 1.38 bits per heavy atom. The van der Waals surface area contributed by atoms with Crippen molar-refractivity contribution in [2.75, 3.05) is 12.4 Å². The lowest BCUT2D eigenvalue weighted by molar-refractivity contribution is 0.0963. The van der Waals surface area contributed by atoms with Gasteiger partial charge in [0.25, 0.3) is 5.91 Å². The van der Waals surface area contributed by atoms with Gasteiger partial charge in [-0.25, -0.2) is 4.98 Å². The van der Waals surface area contributed by atoms with E-state index in [-0.39, 0.29) is 5.91 Å². The SMILES string of the molecule is CNC(=O)c1ccc(NCc2cncn2C(C)C)c(C)c1. The molecule has 0 aliphatic rings. The van der Waals surface area contributed by atoms with Crippen molar-refractivity contribution in [2.24, 2.45) is 0 Å². The summed E-state index contributed by atoms with van der Waals surface area (Å²) in [4.78, 5) is 15.8. The fraction of sp³-hybridized carbons (Fsp3) is 0.375. The average molecular weight is 286 g/mol. The molecule has 2 rings (SSSR count). The molecular weight excluding hydrogens is 264 g/mol. The Balaban J connectivity index is 2.10. The van der Waals surface area contributed by atoms with Crippen molar-refractivity contribution in [1.29, 1.82) is 0 Å². The summed E-state index contributed by atoms with van der Waals surface area (Å²) in [7, 11) is 1.64. The highest BCUT2D eigenvalue weighted by molar-refractivity contribution is 5.94. The third-order valence-corrected chi connectivity index (χ3v) is 3.48. The molecule has 1 heterocycles. The number of hydrogen-bond acceptors (Lipinski definition) is 3. The summed E-state index contributed by atoms with van der Waals surface area (Å²) in [5, 5.41) is 6.03. The molecule has 21 heavy (non-hydrogen) atoms. The fourth-order valence-electron chi connectivity index (χ4n) is 2.27. The summed E-state index contributed by atoms with van der Waals surface area (Å²) < 4.78 is 2.14. The summed E-state index contributed by atoms with van der Waals surface area (Å²) >= 11 is 0. The number of carbonyl (C=O) groups excluding carboxylic acids is 1. The molecule has 112 valence electrons. The Morgan fingerprint density at radius 2 is 2.14 bits per heavy atom. The first-order valence-electron chi connectivity index (χ1n) is 7.10. The first-order valence-corrected chi connectivity index (χ1v) is 7.10. The second-order valence-electron chi connectivity index (χ2n) is 5.35. The first kappa shape index (κ1) is 15.1. The average Bonchev–Trinajstić information content (AvgIpc) is 2.93. The Bertz CT molecular complexity index is 631. The van der Waals surface area contributed by atoms with Crippen molar-refractivity contribution >= 4 is 11.6 Å². The molecule has 0 aliphatic heterocycles. The van der Waals surface area contributed by atoms with Gasteiger partial charge in [-0.1, -0.05) is 0 Å². The first-order chi connectivity index (χ1) is 10.0. The molecule has 0 spiro atoms. The molecule has 1 aromatic heterocycles. The van der Waals surface area contributed by atoms with Gasteiger partial charge in [0.2, 0.25) is 0 Å². The van der Waals surface area contributed by atoms with Crippen molar-refractivity contribution in [1.82, 2.24) is 14.9 Å². The normalized spacial score (nSPS) is 10.7. The van der Waals surface area contributed by atoms with Gasteiger partial charge in [0.05, 0.1) is 18.6 Å². The maximum Gasteiger partial charge on any atom is 0.251 e. The smallest absolute Gasteiger partial charge is 0.251 e. The van der Waals surface area contributed by atoms with E-state index in [1.165, 1.54) is 0 Å². The van der Waals surface area contributed by atoms with Crippen molar-refractivity contribution in [2.45, 2.75) is 33.4 Å². The van der Waals surface area contributed by atoms with Crippen LogP contribution in [0.5, 0.6) is 0 Å². The minimum atomic E-state index is -0.0671. The molecule has 0 aliphatic carbocycles. The summed E-state index contributed by atoms with van der Waals surface area (Å²) in [6.07, 6.45) is 3.73. The van der Waals surface area contributed by atoms with Crippen molar-refractivity contribution in [3.8, 4) is 0 Å². The highest BCUT2D eigenvalue weighted by atomic mass is 16.1. The second kappa shape index (κ2) is 6.43. The molecule has 5 nitrogen and oxygen atoms in total. The molecule has 5 heteroatoms. The molecule has 0 unspecified atom stereocenters. The van der Waals surface area contributed by atoms with Gasteiger partial charge in [-0.15, -0.1) is 0 Å². The number of imidazole rings is 1. The van der Waals surface area contributed by atoms with E-state index >= 15 is 0 Å². The van der Waals surface area contributed by atoms with Gasteiger partial charge >= 0.3 is 0 Å². The number of nitrogens with zero attached hydrogens (tertiary/aromatic N) is 2. The van der Waals surface area contributed by atoms with Crippen LogP contribution >= 0.6 is 0 Å². The Hall–Kier alpha value is -2.30. The Morgan fingerprint density at radius 3 is 2.76 bits per heavy atom. The third-order valence-electron chi connectivity index (χ3n) is 3.48. The largest absolute Gasteiger partial charge is 0.379 e. The zero-order chi connectivity index (χ0) is 15.4. The molecule has 0 atom stereocenters. The monoisotopic (exact) mass is 286 g/mol. The zero-order valence-electron chi connectivity index (χ0n) is 13.0. The van der Waals surface area contributed by atoms with Gasteiger partial charge in [0.15, 0.2) is 0 Å². The molecule has 0 bridgehead atoms. The van der Waals surface area contributed by atoms with Crippen molar-refractivity contribution < 1.29 is 4.79 Å². The van der Waals surface area contributed by atoms with Gasteiger partial charge in [-0.2, -0.15) is 0 Å². The number of aryl methyl sites for hydroxylation is 1. The van der Waals surface area contributed by atoms with Crippen molar-refractivity contribution in [3.63, 3.8) is 0 Å². The van der Waals surface area contributed by atoms with Crippen LogP contribution in [0.2, 0.25) is 0 Å². The van der Waals surface area contributed by atoms with Crippen molar-refractivity contribution in [3.05, 3.63) is 47.5 Å². The summed E-state index contributed by atoms with van der Waals surface area (Å²) in [6, 6.07) is 6.05. The third kappa shape index (κ3) is 3.42. The number of hydrogen-bond donors (Lipinski definition) is 2. The lowest BCUT2D eigenvalue weighted by Gasteiger charge is -2.14. The van der Waals surface area contributed by atoms with Crippen LogP contribution in [0, 0.1) is 6.92 Å². The number of rotatable bonds is 5. The van der Waals surface area contributed by atoms with E-state index in [1.54, 1.807) is 7.05 Å². The number of nitrogens with one attached hydrogen (secondary N) is 2. The van der Waals surface area contributed by atoms with Crippen LogP contribution in [0.3, 0.4) is 0 Å². The molecule has 0 fully saturated rings. The van der Waals surface area contributed by atoms with E-state index in [4.69, 9.17) is 0 Å². The van der Waals surface area contributed by atoms with E-state index < -0.39 is 0 Å². The molecular formula is C16H22N4O. The van der Waals surface area contributed by atoms with Gasteiger partial charge in [-0.05, 0) is 44.5 Å². The molecule has 2 aromatic rings. The molecule has 0 saturated heterocycles. The second-order valence-corrected chi connectivity index (χ2v) is 5.35. The van der Waals surface area contributed by atoms with Gasteiger partial charge < -0.3 is 15.2 Å². The fourth-order valence-corrected chi connectivity index (χ4v) is 2.27. The zero-order valence-corrected chi connectivity index (χ0v) is 13.0. The van der Waals surface area contributed by atoms with Crippen LogP contribution in [-0.2, 0) is 6.54 Å². The number of carbonyl (C=O) groups is 1. The number of benzene rings is 1. The Kier molecular flexibility index (Phi) is 4.62. The van der Waals surface area contributed by atoms with Crippen LogP contribution in [0.1, 0.15) is 41.5 Å². The Labute approximate surface area is 125 Å². The van der Waals surface area contributed by atoms with Crippen LogP contribution in [-0.4, -0.2) is 22.5 Å².